The molecular weight excluding hydrogens is 370 g/mol. The highest BCUT2D eigenvalue weighted by atomic mass is 35.5. The monoisotopic (exact) mass is 380 g/mol. The van der Waals surface area contributed by atoms with Crippen molar-refractivity contribution in [3.05, 3.63) is 64.9 Å². The van der Waals surface area contributed by atoms with Crippen molar-refractivity contribution in [3.63, 3.8) is 0 Å². The first-order chi connectivity index (χ1) is 12.0. The van der Waals surface area contributed by atoms with Crippen LogP contribution in [0.1, 0.15) is 0 Å². The zero-order chi connectivity index (χ0) is 17.8. The van der Waals surface area contributed by atoms with Gasteiger partial charge in [-0.05, 0) is 36.4 Å². The Bertz CT molecular complexity index is 903. The van der Waals surface area contributed by atoms with E-state index >= 15 is 0 Å². The summed E-state index contributed by atoms with van der Waals surface area (Å²) in [5, 5.41) is 7.24. The molecule has 6 nitrogen and oxygen atoms in total. The summed E-state index contributed by atoms with van der Waals surface area (Å²) in [5.74, 6) is -0.719. The van der Waals surface area contributed by atoms with E-state index < -0.39 is 11.7 Å². The third-order valence-electron chi connectivity index (χ3n) is 3.15. The predicted octanol–water partition coefficient (Wildman–Crippen LogP) is 3.73. The highest BCUT2D eigenvalue weighted by Gasteiger charge is 2.12. The average Bonchev–Trinajstić information content (AvgIpc) is 3.08. The van der Waals surface area contributed by atoms with Crippen LogP contribution in [0.5, 0.6) is 5.75 Å². The molecule has 0 aliphatic carbocycles. The number of hydrogen-bond acceptors (Lipinski definition) is 4. The van der Waals surface area contributed by atoms with E-state index in [1.54, 1.807) is 18.2 Å². The Labute approximate surface area is 152 Å². The third kappa shape index (κ3) is 4.26. The van der Waals surface area contributed by atoms with Crippen LogP contribution in [0.15, 0.2) is 49.1 Å². The van der Waals surface area contributed by atoms with E-state index in [1.165, 1.54) is 29.5 Å². The van der Waals surface area contributed by atoms with Crippen LogP contribution < -0.4 is 10.1 Å². The average molecular weight is 381 g/mol. The van der Waals surface area contributed by atoms with Crippen LogP contribution >= 0.6 is 23.2 Å². The zero-order valence-corrected chi connectivity index (χ0v) is 14.1. The third-order valence-corrected chi connectivity index (χ3v) is 3.68. The molecule has 0 aliphatic rings. The van der Waals surface area contributed by atoms with Crippen LogP contribution in [0.2, 0.25) is 10.0 Å². The summed E-state index contributed by atoms with van der Waals surface area (Å²) in [4.78, 5) is 16.0. The molecule has 0 spiro atoms. The van der Waals surface area contributed by atoms with Crippen molar-refractivity contribution in [1.82, 2.24) is 14.8 Å². The lowest BCUT2D eigenvalue weighted by Gasteiger charge is -2.12. The smallest absolute Gasteiger partial charge is 0.262 e. The number of anilines is 1. The fourth-order valence-electron chi connectivity index (χ4n) is 2.06. The molecule has 9 heteroatoms. The van der Waals surface area contributed by atoms with Crippen LogP contribution in [-0.4, -0.2) is 27.3 Å². The molecule has 1 aromatic heterocycles. The van der Waals surface area contributed by atoms with Gasteiger partial charge in [-0.15, -0.1) is 0 Å². The van der Waals surface area contributed by atoms with Gasteiger partial charge < -0.3 is 10.1 Å². The topological polar surface area (TPSA) is 69.0 Å². The normalized spacial score (nSPS) is 10.5. The quantitative estimate of drug-likeness (QED) is 0.731. The van der Waals surface area contributed by atoms with Crippen LogP contribution in [0.25, 0.3) is 5.69 Å². The molecule has 1 amide bonds. The molecule has 25 heavy (non-hydrogen) atoms. The van der Waals surface area contributed by atoms with Gasteiger partial charge in [0.15, 0.2) is 6.61 Å². The molecule has 0 bridgehead atoms. The molecule has 3 rings (SSSR count). The molecule has 0 atom stereocenters. The minimum absolute atomic E-state index is 0.0823. The van der Waals surface area contributed by atoms with Crippen molar-refractivity contribution >= 4 is 34.8 Å². The highest BCUT2D eigenvalue weighted by Crippen LogP contribution is 2.26. The summed E-state index contributed by atoms with van der Waals surface area (Å²) in [7, 11) is 0. The van der Waals surface area contributed by atoms with E-state index in [-0.39, 0.29) is 17.4 Å². The van der Waals surface area contributed by atoms with Crippen molar-refractivity contribution < 1.29 is 13.9 Å². The summed E-state index contributed by atoms with van der Waals surface area (Å²) in [5.41, 5.74) is 1.03. The summed E-state index contributed by atoms with van der Waals surface area (Å²) in [6, 6.07) is 8.60. The highest BCUT2D eigenvalue weighted by molar-refractivity contribution is 6.32. The summed E-state index contributed by atoms with van der Waals surface area (Å²) in [6.07, 6.45) is 2.87. The zero-order valence-electron chi connectivity index (χ0n) is 12.6. The maximum absolute atomic E-state index is 13.0. The van der Waals surface area contributed by atoms with Gasteiger partial charge in [0.05, 0.1) is 16.4 Å². The Balaban J connectivity index is 1.72. The molecule has 0 radical (unpaired) electrons. The number of halogens is 3. The molecule has 0 saturated heterocycles. The summed E-state index contributed by atoms with van der Waals surface area (Å²) < 4.78 is 19.8. The molecule has 1 N–H and O–H groups in total. The van der Waals surface area contributed by atoms with E-state index in [2.05, 4.69) is 15.4 Å². The van der Waals surface area contributed by atoms with Crippen LogP contribution in [0.3, 0.4) is 0 Å². The minimum atomic E-state index is -0.488. The number of rotatable bonds is 5. The number of carbonyl (C=O) groups excluding carboxylic acids is 1. The second-order valence-corrected chi connectivity index (χ2v) is 5.76. The molecule has 1 heterocycles. The molecule has 128 valence electrons. The summed E-state index contributed by atoms with van der Waals surface area (Å²) >= 11 is 11.8. The number of aromatic nitrogens is 3. The van der Waals surface area contributed by atoms with Crippen molar-refractivity contribution in [2.75, 3.05) is 11.9 Å². The van der Waals surface area contributed by atoms with Crippen molar-refractivity contribution in [2.45, 2.75) is 0 Å². The first kappa shape index (κ1) is 17.2. The lowest BCUT2D eigenvalue weighted by molar-refractivity contribution is -0.118. The van der Waals surface area contributed by atoms with Crippen molar-refractivity contribution in [2.24, 2.45) is 0 Å². The van der Waals surface area contributed by atoms with Gasteiger partial charge in [-0.3, -0.25) is 4.79 Å². The van der Waals surface area contributed by atoms with E-state index in [0.29, 0.717) is 16.4 Å². The summed E-state index contributed by atoms with van der Waals surface area (Å²) in [6.45, 7) is -0.311. The molecule has 2 aromatic carbocycles. The minimum Gasteiger partial charge on any atom is -0.482 e. The lowest BCUT2D eigenvalue weighted by Crippen LogP contribution is -2.21. The van der Waals surface area contributed by atoms with Gasteiger partial charge in [-0.1, -0.05) is 23.2 Å². The van der Waals surface area contributed by atoms with Gasteiger partial charge in [0.25, 0.3) is 5.91 Å². The first-order valence-electron chi connectivity index (χ1n) is 7.05. The number of ether oxygens (including phenoxy) is 1. The van der Waals surface area contributed by atoms with Gasteiger partial charge in [0.1, 0.15) is 24.2 Å². The Kier molecular flexibility index (Phi) is 5.16. The molecule has 0 unspecified atom stereocenters. The largest absolute Gasteiger partial charge is 0.482 e. The maximum Gasteiger partial charge on any atom is 0.262 e. The Morgan fingerprint density at radius 3 is 2.80 bits per heavy atom. The first-order valence-corrected chi connectivity index (χ1v) is 7.81. The second-order valence-electron chi connectivity index (χ2n) is 4.91. The lowest BCUT2D eigenvalue weighted by atomic mass is 10.2. The fourth-order valence-corrected chi connectivity index (χ4v) is 2.46. The number of amides is 1. The Hall–Kier alpha value is -2.64. The molecule has 3 aromatic rings. The Morgan fingerprint density at radius 1 is 1.24 bits per heavy atom. The molecule has 0 aliphatic heterocycles. The van der Waals surface area contributed by atoms with Crippen LogP contribution in [0, 0.1) is 5.82 Å². The number of benzene rings is 2. The Morgan fingerprint density at radius 2 is 2.08 bits per heavy atom. The maximum atomic E-state index is 13.0. The van der Waals surface area contributed by atoms with E-state index in [1.807, 2.05) is 0 Å². The number of hydrogen-bond donors (Lipinski definition) is 1. The van der Waals surface area contributed by atoms with Crippen molar-refractivity contribution in [3.8, 4) is 11.4 Å². The van der Waals surface area contributed by atoms with Gasteiger partial charge in [-0.2, -0.15) is 5.10 Å². The SMILES string of the molecule is O=C(COc1ccc(F)cc1Cl)Nc1cc(Cl)ccc1-n1cncn1. The van der Waals surface area contributed by atoms with Gasteiger partial charge in [-0.25, -0.2) is 14.1 Å². The van der Waals surface area contributed by atoms with Gasteiger partial charge in [0, 0.05) is 5.02 Å². The van der Waals surface area contributed by atoms with E-state index in [0.717, 1.165) is 6.07 Å². The van der Waals surface area contributed by atoms with E-state index in [9.17, 15) is 9.18 Å². The number of carbonyl (C=O) groups is 1. The van der Waals surface area contributed by atoms with Crippen LogP contribution in [0.4, 0.5) is 10.1 Å². The van der Waals surface area contributed by atoms with Gasteiger partial charge in [0.2, 0.25) is 0 Å². The predicted molar refractivity (Wildman–Crippen MR) is 91.9 cm³/mol. The van der Waals surface area contributed by atoms with Gasteiger partial charge >= 0.3 is 0 Å². The molecular formula is C16H11Cl2FN4O2. The second kappa shape index (κ2) is 7.50. The molecule has 0 fully saturated rings. The fraction of sp³-hybridized carbons (Fsp3) is 0.0625. The van der Waals surface area contributed by atoms with Crippen molar-refractivity contribution in [1.29, 1.82) is 0 Å². The number of nitrogens with zero attached hydrogens (tertiary/aromatic N) is 3. The standard InChI is InChI=1S/C16H11Cl2FN4O2/c17-10-1-3-14(23-9-20-8-21-23)13(5-10)22-16(24)7-25-15-4-2-11(19)6-12(15)18/h1-6,8-9H,7H2,(H,22,24). The molecule has 0 saturated carbocycles. The van der Waals surface area contributed by atoms with E-state index in [4.69, 9.17) is 27.9 Å². The van der Waals surface area contributed by atoms with Crippen LogP contribution in [-0.2, 0) is 4.79 Å². The number of nitrogens with one attached hydrogen (secondary N) is 1.